The molecule has 1 aromatic carbocycles. The van der Waals surface area contributed by atoms with Gasteiger partial charge in [-0.3, -0.25) is 5.84 Å². The van der Waals surface area contributed by atoms with E-state index in [1.54, 1.807) is 24.3 Å². The predicted octanol–water partition coefficient (Wildman–Crippen LogP) is 0.568. The van der Waals surface area contributed by atoms with Gasteiger partial charge >= 0.3 is 6.09 Å². The Morgan fingerprint density at radius 3 is 2.46 bits per heavy atom. The highest BCUT2D eigenvalue weighted by molar-refractivity contribution is 5.64. The van der Waals surface area contributed by atoms with E-state index in [4.69, 9.17) is 11.6 Å². The third-order valence-electron chi connectivity index (χ3n) is 1.50. The lowest BCUT2D eigenvalue weighted by atomic mass is 10.2. The van der Waals surface area contributed by atoms with E-state index in [9.17, 15) is 4.79 Å². The summed E-state index contributed by atoms with van der Waals surface area (Å²) in [5.41, 5.74) is 8.94. The molecule has 0 aromatic heterocycles. The second-order valence-corrected chi connectivity index (χ2v) is 2.45. The Bertz CT molecular complexity index is 284. The average molecular weight is 181 g/mol. The summed E-state index contributed by atoms with van der Waals surface area (Å²) in [5, 5.41) is 0. The Morgan fingerprint density at radius 1 is 1.38 bits per heavy atom. The summed E-state index contributed by atoms with van der Waals surface area (Å²) < 4.78 is 4.59. The number of benzene rings is 1. The molecule has 0 atom stereocenters. The Balaban J connectivity index is 2.54. The Kier molecular flexibility index (Phi) is 3.10. The summed E-state index contributed by atoms with van der Waals surface area (Å²) in [6.07, 6.45) is -0.777. The third-order valence-corrected chi connectivity index (χ3v) is 1.50. The molecule has 5 N–H and O–H groups in total. The number of nitrogen functional groups attached to an aromatic ring is 1. The number of hydrogen-bond donors (Lipinski definition) is 3. The largest absolute Gasteiger partial charge is 0.445 e. The van der Waals surface area contributed by atoms with Crippen molar-refractivity contribution in [3.8, 4) is 0 Å². The first-order valence-corrected chi connectivity index (χ1v) is 3.70. The zero-order valence-electron chi connectivity index (χ0n) is 6.99. The van der Waals surface area contributed by atoms with E-state index in [1.807, 2.05) is 0 Å². The van der Waals surface area contributed by atoms with Gasteiger partial charge in [0.1, 0.15) is 6.61 Å². The molecule has 0 unspecified atom stereocenters. The minimum atomic E-state index is -0.777. The van der Waals surface area contributed by atoms with Crippen LogP contribution in [-0.2, 0) is 11.3 Å². The Morgan fingerprint density at radius 2 is 2.00 bits per heavy atom. The van der Waals surface area contributed by atoms with Crippen molar-refractivity contribution in [1.82, 2.24) is 0 Å². The van der Waals surface area contributed by atoms with Gasteiger partial charge in [-0.15, -0.1) is 0 Å². The number of anilines is 1. The van der Waals surface area contributed by atoms with Gasteiger partial charge in [0.15, 0.2) is 0 Å². The molecule has 13 heavy (non-hydrogen) atoms. The number of hydrazine groups is 1. The molecule has 0 heterocycles. The van der Waals surface area contributed by atoms with Crippen LogP contribution < -0.4 is 17.0 Å². The van der Waals surface area contributed by atoms with Crippen LogP contribution >= 0.6 is 0 Å². The van der Waals surface area contributed by atoms with Crippen molar-refractivity contribution in [2.75, 3.05) is 5.43 Å². The van der Waals surface area contributed by atoms with Gasteiger partial charge in [0.2, 0.25) is 0 Å². The minimum absolute atomic E-state index is 0.181. The minimum Gasteiger partial charge on any atom is -0.445 e. The fourth-order valence-corrected chi connectivity index (χ4v) is 0.852. The van der Waals surface area contributed by atoms with E-state index in [2.05, 4.69) is 10.2 Å². The van der Waals surface area contributed by atoms with E-state index >= 15 is 0 Å². The molecule has 0 radical (unpaired) electrons. The molecule has 0 saturated heterocycles. The number of ether oxygens (including phenoxy) is 1. The molecule has 0 saturated carbocycles. The maximum atomic E-state index is 10.3. The molecular formula is C8H11N3O2. The van der Waals surface area contributed by atoms with E-state index in [0.717, 1.165) is 11.3 Å². The highest BCUT2D eigenvalue weighted by atomic mass is 16.5. The van der Waals surface area contributed by atoms with Crippen molar-refractivity contribution in [2.45, 2.75) is 6.61 Å². The number of hydrogen-bond acceptors (Lipinski definition) is 4. The van der Waals surface area contributed by atoms with E-state index < -0.39 is 6.09 Å². The highest BCUT2D eigenvalue weighted by Gasteiger charge is 1.96. The van der Waals surface area contributed by atoms with Gasteiger partial charge < -0.3 is 15.9 Å². The van der Waals surface area contributed by atoms with Gasteiger partial charge in [0, 0.05) is 5.69 Å². The van der Waals surface area contributed by atoms with Gasteiger partial charge in [0.05, 0.1) is 0 Å². The lowest BCUT2D eigenvalue weighted by Crippen LogP contribution is -2.12. The smallest absolute Gasteiger partial charge is 0.404 e. The molecule has 1 rings (SSSR count). The van der Waals surface area contributed by atoms with Gasteiger partial charge in [-0.1, -0.05) is 12.1 Å². The zero-order chi connectivity index (χ0) is 9.68. The lowest BCUT2D eigenvalue weighted by Gasteiger charge is -2.03. The fraction of sp³-hybridized carbons (Fsp3) is 0.125. The van der Waals surface area contributed by atoms with E-state index in [-0.39, 0.29) is 6.61 Å². The van der Waals surface area contributed by atoms with Gasteiger partial charge in [-0.2, -0.15) is 0 Å². The van der Waals surface area contributed by atoms with Gasteiger partial charge in [-0.25, -0.2) is 4.79 Å². The summed E-state index contributed by atoms with van der Waals surface area (Å²) in [6, 6.07) is 7.13. The van der Waals surface area contributed by atoms with E-state index in [1.165, 1.54) is 0 Å². The quantitative estimate of drug-likeness (QED) is 0.469. The lowest BCUT2D eigenvalue weighted by molar-refractivity contribution is 0.150. The highest BCUT2D eigenvalue weighted by Crippen LogP contribution is 2.08. The number of amides is 1. The SMILES string of the molecule is NNc1ccc(COC(N)=O)cc1. The first-order valence-electron chi connectivity index (χ1n) is 3.70. The fourth-order valence-electron chi connectivity index (χ4n) is 0.852. The predicted molar refractivity (Wildman–Crippen MR) is 48.6 cm³/mol. The van der Waals surface area contributed by atoms with Crippen LogP contribution in [0.3, 0.4) is 0 Å². The number of primary amides is 1. The van der Waals surface area contributed by atoms with E-state index in [0.29, 0.717) is 0 Å². The van der Waals surface area contributed by atoms with Crippen molar-refractivity contribution in [3.63, 3.8) is 0 Å². The van der Waals surface area contributed by atoms with Crippen LogP contribution in [0, 0.1) is 0 Å². The first-order chi connectivity index (χ1) is 6.22. The molecule has 5 nitrogen and oxygen atoms in total. The summed E-state index contributed by atoms with van der Waals surface area (Å²) in [5.74, 6) is 5.17. The molecule has 70 valence electrons. The molecule has 1 aromatic rings. The van der Waals surface area contributed by atoms with Crippen molar-refractivity contribution >= 4 is 11.8 Å². The molecule has 0 spiro atoms. The molecule has 0 bridgehead atoms. The molecule has 1 amide bonds. The maximum absolute atomic E-state index is 10.3. The normalized spacial score (nSPS) is 9.31. The Hall–Kier alpha value is -1.75. The zero-order valence-corrected chi connectivity index (χ0v) is 6.99. The molecular weight excluding hydrogens is 170 g/mol. The summed E-state index contributed by atoms with van der Waals surface area (Å²) in [6.45, 7) is 0.181. The van der Waals surface area contributed by atoms with Crippen molar-refractivity contribution in [1.29, 1.82) is 0 Å². The number of carbonyl (C=O) groups excluding carboxylic acids is 1. The topological polar surface area (TPSA) is 90.4 Å². The standard InChI is InChI=1S/C8H11N3O2/c9-8(12)13-5-6-1-3-7(11-10)4-2-6/h1-4,11H,5,10H2,(H2,9,12). The number of carbonyl (C=O) groups is 1. The number of nitrogens with two attached hydrogens (primary N) is 2. The van der Waals surface area contributed by atoms with Crippen LogP contribution in [-0.4, -0.2) is 6.09 Å². The van der Waals surface area contributed by atoms with Crippen LogP contribution in [0.25, 0.3) is 0 Å². The molecule has 0 fully saturated rings. The first kappa shape index (κ1) is 9.34. The third kappa shape index (κ3) is 3.00. The summed E-state index contributed by atoms with van der Waals surface area (Å²) in [7, 11) is 0. The maximum Gasteiger partial charge on any atom is 0.404 e. The number of rotatable bonds is 3. The second kappa shape index (κ2) is 4.32. The van der Waals surface area contributed by atoms with Crippen LogP contribution in [0.5, 0.6) is 0 Å². The van der Waals surface area contributed by atoms with Crippen molar-refractivity contribution < 1.29 is 9.53 Å². The second-order valence-electron chi connectivity index (χ2n) is 2.45. The number of nitrogens with one attached hydrogen (secondary N) is 1. The summed E-state index contributed by atoms with van der Waals surface area (Å²) in [4.78, 5) is 10.3. The van der Waals surface area contributed by atoms with Crippen molar-refractivity contribution in [3.05, 3.63) is 29.8 Å². The van der Waals surface area contributed by atoms with Crippen LogP contribution in [0.1, 0.15) is 5.56 Å². The molecule has 0 aliphatic carbocycles. The van der Waals surface area contributed by atoms with Crippen LogP contribution in [0.4, 0.5) is 10.5 Å². The monoisotopic (exact) mass is 181 g/mol. The van der Waals surface area contributed by atoms with Gasteiger partial charge in [0.25, 0.3) is 0 Å². The summed E-state index contributed by atoms with van der Waals surface area (Å²) >= 11 is 0. The molecule has 0 aliphatic rings. The Labute approximate surface area is 75.6 Å². The molecule has 5 heteroatoms. The van der Waals surface area contributed by atoms with Crippen LogP contribution in [0.15, 0.2) is 24.3 Å². The average Bonchev–Trinajstić information content (AvgIpc) is 2.15. The van der Waals surface area contributed by atoms with Crippen LogP contribution in [0.2, 0.25) is 0 Å². The van der Waals surface area contributed by atoms with Crippen molar-refractivity contribution in [2.24, 2.45) is 11.6 Å². The molecule has 0 aliphatic heterocycles. The van der Waals surface area contributed by atoms with Gasteiger partial charge in [-0.05, 0) is 17.7 Å².